The molecule has 0 unspecified atom stereocenters. The van der Waals surface area contributed by atoms with Crippen molar-refractivity contribution < 1.29 is 0 Å². The van der Waals surface area contributed by atoms with Crippen LogP contribution in [-0.4, -0.2) is 0 Å². The predicted molar refractivity (Wildman–Crippen MR) is 94.2 cm³/mol. The van der Waals surface area contributed by atoms with E-state index in [1.54, 1.807) is 0 Å². The van der Waals surface area contributed by atoms with Crippen molar-refractivity contribution in [1.82, 2.24) is 0 Å². The molecule has 0 aliphatic heterocycles. The monoisotopic (exact) mass is 412 g/mol. The lowest BCUT2D eigenvalue weighted by Gasteiger charge is -2.02. The summed E-state index contributed by atoms with van der Waals surface area (Å²) in [5, 5.41) is 0.927. The van der Waals surface area contributed by atoms with Crippen LogP contribution in [0.25, 0.3) is 0 Å². The number of hydrogen-bond donors (Lipinski definition) is 0. The van der Waals surface area contributed by atoms with E-state index in [1.165, 1.54) is 11.1 Å². The fourth-order valence-electron chi connectivity index (χ4n) is 1.87. The molecule has 0 N–H and O–H groups in total. The van der Waals surface area contributed by atoms with E-state index in [1.807, 2.05) is 0 Å². The molecule has 0 saturated carbocycles. The molecule has 0 spiro atoms. The summed E-state index contributed by atoms with van der Waals surface area (Å²) in [4.78, 5) is 0. The summed E-state index contributed by atoms with van der Waals surface area (Å²) in [5.41, 5.74) is 2.58. The van der Waals surface area contributed by atoms with Crippen molar-refractivity contribution in [2.45, 2.75) is 19.3 Å². The number of halogens is 3. The normalized spacial score (nSPS) is 11.7. The van der Waals surface area contributed by atoms with Crippen LogP contribution in [0, 0.1) is 0 Å². The summed E-state index contributed by atoms with van der Waals surface area (Å²) in [6.45, 7) is 0. The number of aryl methyl sites for hydroxylation is 1. The number of rotatable bonds is 5. The van der Waals surface area contributed by atoms with Crippen LogP contribution in [0.5, 0.6) is 0 Å². The van der Waals surface area contributed by atoms with Gasteiger partial charge in [-0.3, -0.25) is 0 Å². The first-order valence-corrected chi connectivity index (χ1v) is 8.43. The summed E-state index contributed by atoms with van der Waals surface area (Å²) >= 11 is 13.2. The van der Waals surface area contributed by atoms with E-state index >= 15 is 0 Å². The third kappa shape index (κ3) is 5.43. The SMILES string of the molecule is Cl/C(=C\Cc1ccc(Br)cc1)CCc1ccc(Br)cc1. The van der Waals surface area contributed by atoms with Crippen LogP contribution in [-0.2, 0) is 12.8 Å². The zero-order valence-corrected chi connectivity index (χ0v) is 14.9. The van der Waals surface area contributed by atoms with E-state index in [0.717, 1.165) is 33.2 Å². The summed E-state index contributed by atoms with van der Waals surface area (Å²) in [6, 6.07) is 16.7. The van der Waals surface area contributed by atoms with E-state index < -0.39 is 0 Å². The average molecular weight is 415 g/mol. The Kier molecular flexibility index (Phi) is 6.34. The highest BCUT2D eigenvalue weighted by molar-refractivity contribution is 9.10. The Morgan fingerprint density at radius 1 is 0.850 bits per heavy atom. The summed E-state index contributed by atoms with van der Waals surface area (Å²) in [7, 11) is 0. The molecule has 3 heteroatoms. The van der Waals surface area contributed by atoms with Gasteiger partial charge in [0.15, 0.2) is 0 Å². The van der Waals surface area contributed by atoms with Gasteiger partial charge in [0.05, 0.1) is 0 Å². The fraction of sp³-hybridized carbons (Fsp3) is 0.176. The second kappa shape index (κ2) is 8.02. The quantitative estimate of drug-likeness (QED) is 0.523. The highest BCUT2D eigenvalue weighted by Crippen LogP contribution is 2.17. The molecule has 2 aromatic rings. The number of benzene rings is 2. The Morgan fingerprint density at radius 3 is 1.90 bits per heavy atom. The van der Waals surface area contributed by atoms with Crippen LogP contribution in [0.15, 0.2) is 68.6 Å². The molecule has 2 aromatic carbocycles. The van der Waals surface area contributed by atoms with Crippen molar-refractivity contribution >= 4 is 43.5 Å². The van der Waals surface area contributed by atoms with Gasteiger partial charge in [0.2, 0.25) is 0 Å². The molecule has 0 aliphatic rings. The minimum Gasteiger partial charge on any atom is -0.0895 e. The van der Waals surface area contributed by atoms with E-state index in [4.69, 9.17) is 11.6 Å². The topological polar surface area (TPSA) is 0 Å². The predicted octanol–water partition coefficient (Wildman–Crippen LogP) is 6.51. The second-order valence-electron chi connectivity index (χ2n) is 4.61. The van der Waals surface area contributed by atoms with E-state index in [9.17, 15) is 0 Å². The molecule has 0 nitrogen and oxygen atoms in total. The van der Waals surface area contributed by atoms with Gasteiger partial charge < -0.3 is 0 Å². The highest BCUT2D eigenvalue weighted by Gasteiger charge is 1.97. The Bertz CT molecular complexity index is 571. The summed E-state index contributed by atoms with van der Waals surface area (Å²) in [5.74, 6) is 0. The molecule has 20 heavy (non-hydrogen) atoms. The van der Waals surface area contributed by atoms with Crippen molar-refractivity contribution in [3.8, 4) is 0 Å². The zero-order chi connectivity index (χ0) is 14.4. The molecule has 0 radical (unpaired) electrons. The Balaban J connectivity index is 1.84. The molecule has 0 aliphatic carbocycles. The van der Waals surface area contributed by atoms with Gasteiger partial charge in [-0.2, -0.15) is 0 Å². The summed E-state index contributed by atoms with van der Waals surface area (Å²) in [6.07, 6.45) is 4.85. The molecule has 0 heterocycles. The minimum absolute atomic E-state index is 0.881. The van der Waals surface area contributed by atoms with Gasteiger partial charge in [0, 0.05) is 14.0 Å². The minimum atomic E-state index is 0.881. The van der Waals surface area contributed by atoms with Crippen LogP contribution >= 0.6 is 43.5 Å². The van der Waals surface area contributed by atoms with Gasteiger partial charge in [-0.05, 0) is 54.7 Å². The Hall–Kier alpha value is -0.570. The Morgan fingerprint density at radius 2 is 1.35 bits per heavy atom. The lowest BCUT2D eigenvalue weighted by molar-refractivity contribution is 0.977. The van der Waals surface area contributed by atoms with Gasteiger partial charge in [-0.1, -0.05) is 73.8 Å². The van der Waals surface area contributed by atoms with Crippen LogP contribution < -0.4 is 0 Å². The van der Waals surface area contributed by atoms with Crippen molar-refractivity contribution in [2.24, 2.45) is 0 Å². The maximum Gasteiger partial charge on any atom is 0.0175 e. The zero-order valence-electron chi connectivity index (χ0n) is 11.0. The van der Waals surface area contributed by atoms with Crippen molar-refractivity contribution in [3.63, 3.8) is 0 Å². The highest BCUT2D eigenvalue weighted by atomic mass is 79.9. The maximum absolute atomic E-state index is 6.29. The van der Waals surface area contributed by atoms with Gasteiger partial charge in [-0.25, -0.2) is 0 Å². The lowest BCUT2D eigenvalue weighted by atomic mass is 10.1. The van der Waals surface area contributed by atoms with E-state index in [-0.39, 0.29) is 0 Å². The van der Waals surface area contributed by atoms with Crippen molar-refractivity contribution in [2.75, 3.05) is 0 Å². The fourth-order valence-corrected chi connectivity index (χ4v) is 2.57. The first kappa shape index (κ1) is 15.8. The molecular formula is C17H15Br2Cl. The van der Waals surface area contributed by atoms with Gasteiger partial charge in [0.25, 0.3) is 0 Å². The maximum atomic E-state index is 6.29. The smallest absolute Gasteiger partial charge is 0.0175 e. The van der Waals surface area contributed by atoms with Crippen LogP contribution in [0.3, 0.4) is 0 Å². The van der Waals surface area contributed by atoms with Crippen molar-refractivity contribution in [1.29, 1.82) is 0 Å². The van der Waals surface area contributed by atoms with Gasteiger partial charge in [0.1, 0.15) is 0 Å². The lowest BCUT2D eigenvalue weighted by Crippen LogP contribution is -1.87. The van der Waals surface area contributed by atoms with Crippen LogP contribution in [0.2, 0.25) is 0 Å². The van der Waals surface area contributed by atoms with Gasteiger partial charge >= 0.3 is 0 Å². The molecule has 0 atom stereocenters. The standard InChI is InChI=1S/C17H15Br2Cl/c18-15-7-1-13(2-8-15)5-11-17(20)12-6-14-3-9-16(19)10-4-14/h1-4,7-11H,5-6,12H2/b17-11-. The average Bonchev–Trinajstić information content (AvgIpc) is 2.46. The first-order chi connectivity index (χ1) is 9.63. The second-order valence-corrected chi connectivity index (χ2v) is 6.92. The molecule has 0 aromatic heterocycles. The number of allylic oxidation sites excluding steroid dienone is 2. The molecule has 2 rings (SSSR count). The molecule has 0 bridgehead atoms. The molecular weight excluding hydrogens is 399 g/mol. The van der Waals surface area contributed by atoms with Crippen LogP contribution in [0.1, 0.15) is 17.5 Å². The van der Waals surface area contributed by atoms with Crippen LogP contribution in [0.4, 0.5) is 0 Å². The molecule has 0 fully saturated rings. The van der Waals surface area contributed by atoms with Gasteiger partial charge in [-0.15, -0.1) is 0 Å². The molecule has 104 valence electrons. The molecule has 0 saturated heterocycles. The largest absolute Gasteiger partial charge is 0.0895 e. The van der Waals surface area contributed by atoms with E-state index in [2.05, 4.69) is 86.5 Å². The third-order valence-electron chi connectivity index (χ3n) is 3.04. The Labute approximate surface area is 142 Å². The number of hydrogen-bond acceptors (Lipinski definition) is 0. The third-order valence-corrected chi connectivity index (χ3v) is 4.44. The van der Waals surface area contributed by atoms with Crippen molar-refractivity contribution in [3.05, 3.63) is 79.7 Å². The molecule has 0 amide bonds. The van der Waals surface area contributed by atoms with E-state index in [0.29, 0.717) is 0 Å². The summed E-state index contributed by atoms with van der Waals surface area (Å²) < 4.78 is 2.21. The first-order valence-electron chi connectivity index (χ1n) is 6.47.